The maximum atomic E-state index is 13.8. The summed E-state index contributed by atoms with van der Waals surface area (Å²) in [6.07, 6.45) is 1.17. The lowest BCUT2D eigenvalue weighted by Crippen LogP contribution is -2.28. The maximum absolute atomic E-state index is 13.8. The number of alkyl halides is 3. The Bertz CT molecular complexity index is 1480. The fourth-order valence-corrected chi connectivity index (χ4v) is 4.42. The molecule has 0 aliphatic carbocycles. The van der Waals surface area contributed by atoms with E-state index in [9.17, 15) is 18.0 Å². The number of imidazole rings is 1. The van der Waals surface area contributed by atoms with Gasteiger partial charge in [0.05, 0.1) is 11.6 Å². The van der Waals surface area contributed by atoms with E-state index in [1.54, 1.807) is 34.9 Å². The molecule has 7 nitrogen and oxygen atoms in total. The van der Waals surface area contributed by atoms with Crippen molar-refractivity contribution in [2.45, 2.75) is 18.6 Å². The van der Waals surface area contributed by atoms with Crippen LogP contribution in [0.1, 0.15) is 33.1 Å². The Kier molecular flexibility index (Phi) is 6.45. The number of aromatic nitrogens is 2. The normalized spacial score (nSPS) is 15.5. The van der Waals surface area contributed by atoms with Crippen LogP contribution < -0.4 is 16.5 Å². The number of hydrogen-bond donors (Lipinski definition) is 3. The summed E-state index contributed by atoms with van der Waals surface area (Å²) in [7, 11) is 1.69. The lowest BCUT2D eigenvalue weighted by atomic mass is 9.97. The predicted molar refractivity (Wildman–Crippen MR) is 136 cm³/mol. The van der Waals surface area contributed by atoms with Gasteiger partial charge in [-0.2, -0.15) is 13.2 Å². The number of nitrogens with zero attached hydrogens (tertiary/aromatic N) is 3. The molecule has 1 aliphatic rings. The molecule has 0 fully saturated rings. The third kappa shape index (κ3) is 4.93. The molecule has 2 aromatic heterocycles. The highest BCUT2D eigenvalue weighted by atomic mass is 19.4. The summed E-state index contributed by atoms with van der Waals surface area (Å²) in [5.74, 6) is -0.124. The second kappa shape index (κ2) is 9.72. The van der Waals surface area contributed by atoms with Crippen LogP contribution in [0.2, 0.25) is 0 Å². The molecule has 1 unspecified atom stereocenters. The van der Waals surface area contributed by atoms with Crippen LogP contribution in [-0.2, 0) is 12.6 Å². The number of carbonyl (C=O) groups is 1. The number of benzene rings is 2. The quantitative estimate of drug-likeness (QED) is 0.351. The highest BCUT2D eigenvalue weighted by molar-refractivity contribution is 6.06. The largest absolute Gasteiger partial charge is 0.416 e. The number of hydrogen-bond acceptors (Lipinski definition) is 5. The topological polar surface area (TPSA) is 87.7 Å². The zero-order valence-corrected chi connectivity index (χ0v) is 20.0. The highest BCUT2D eigenvalue weighted by Gasteiger charge is 2.36. The first-order valence-electron chi connectivity index (χ1n) is 11.7. The SMILES string of the molecule is CN1C=CC(c2cc(C(=O)Nc3c(-c4ccccc4)nc4cc(CCN)ccn34)ccc2C(F)(F)F)N1. The van der Waals surface area contributed by atoms with E-state index in [0.717, 1.165) is 17.2 Å². The van der Waals surface area contributed by atoms with Crippen molar-refractivity contribution in [2.24, 2.45) is 5.73 Å². The average Bonchev–Trinajstić information content (AvgIpc) is 3.47. The van der Waals surface area contributed by atoms with Crippen LogP contribution in [0.15, 0.2) is 79.1 Å². The molecule has 2 aromatic carbocycles. The molecular weight excluding hydrogens is 481 g/mol. The molecule has 3 heterocycles. The van der Waals surface area contributed by atoms with E-state index < -0.39 is 23.7 Å². The molecule has 0 spiro atoms. The van der Waals surface area contributed by atoms with Crippen molar-refractivity contribution >= 4 is 17.4 Å². The number of nitrogens with one attached hydrogen (secondary N) is 2. The molecule has 0 bridgehead atoms. The Labute approximate surface area is 211 Å². The molecule has 1 atom stereocenters. The van der Waals surface area contributed by atoms with Crippen LogP contribution in [-0.4, -0.2) is 33.9 Å². The summed E-state index contributed by atoms with van der Waals surface area (Å²) in [6, 6.07) is 15.9. The first-order valence-corrected chi connectivity index (χ1v) is 11.7. The summed E-state index contributed by atoms with van der Waals surface area (Å²) in [5, 5.41) is 4.46. The van der Waals surface area contributed by atoms with Crippen molar-refractivity contribution in [1.82, 2.24) is 19.8 Å². The zero-order valence-electron chi connectivity index (χ0n) is 20.0. The van der Waals surface area contributed by atoms with Gasteiger partial charge in [0.1, 0.15) is 17.2 Å². The molecule has 1 aliphatic heterocycles. The number of amides is 1. The Balaban J connectivity index is 1.56. The molecule has 1 amide bonds. The minimum Gasteiger partial charge on any atom is -0.330 e. The van der Waals surface area contributed by atoms with Gasteiger partial charge in [-0.15, -0.1) is 0 Å². The number of hydrazine groups is 1. The van der Waals surface area contributed by atoms with Crippen molar-refractivity contribution in [3.8, 4) is 11.3 Å². The Hall–Kier alpha value is -4.15. The van der Waals surface area contributed by atoms with Crippen molar-refractivity contribution in [1.29, 1.82) is 0 Å². The standard InChI is InChI=1S/C27H25F3N6O/c1-35-13-11-22(34-35)20-16-19(7-8-21(20)27(28,29)30)26(37)33-25-24(18-5-3-2-4-6-18)32-23-15-17(9-12-31)10-14-36(23)25/h2-8,10-11,13-16,22,34H,9,12,31H2,1H3,(H,33,37). The Morgan fingerprint density at radius 3 is 2.59 bits per heavy atom. The van der Waals surface area contributed by atoms with E-state index in [4.69, 9.17) is 10.7 Å². The van der Waals surface area contributed by atoms with Gasteiger partial charge in [-0.1, -0.05) is 30.3 Å². The van der Waals surface area contributed by atoms with E-state index in [2.05, 4.69) is 10.7 Å². The summed E-state index contributed by atoms with van der Waals surface area (Å²) >= 11 is 0. The molecular formula is C27H25F3N6O. The first kappa shape index (κ1) is 24.5. The van der Waals surface area contributed by atoms with E-state index in [0.29, 0.717) is 30.1 Å². The van der Waals surface area contributed by atoms with E-state index in [-0.39, 0.29) is 11.1 Å². The summed E-state index contributed by atoms with van der Waals surface area (Å²) in [4.78, 5) is 18.1. The molecule has 4 aromatic rings. The predicted octanol–water partition coefficient (Wildman–Crippen LogP) is 4.78. The van der Waals surface area contributed by atoms with Gasteiger partial charge in [0, 0.05) is 30.6 Å². The average molecular weight is 507 g/mol. The van der Waals surface area contributed by atoms with Crippen molar-refractivity contribution in [3.63, 3.8) is 0 Å². The van der Waals surface area contributed by atoms with Gasteiger partial charge in [-0.05, 0) is 60.5 Å². The van der Waals surface area contributed by atoms with E-state index in [1.807, 2.05) is 42.5 Å². The number of halogens is 3. The van der Waals surface area contributed by atoms with Crippen LogP contribution in [0.3, 0.4) is 0 Å². The third-order valence-corrected chi connectivity index (χ3v) is 6.20. The van der Waals surface area contributed by atoms with Gasteiger partial charge in [-0.25, -0.2) is 10.4 Å². The second-order valence-electron chi connectivity index (χ2n) is 8.79. The minimum atomic E-state index is -4.57. The van der Waals surface area contributed by atoms with Crippen molar-refractivity contribution < 1.29 is 18.0 Å². The van der Waals surface area contributed by atoms with Crippen LogP contribution >= 0.6 is 0 Å². The van der Waals surface area contributed by atoms with Crippen molar-refractivity contribution in [3.05, 3.63) is 101 Å². The van der Waals surface area contributed by atoms with E-state index >= 15 is 0 Å². The number of rotatable bonds is 6. The van der Waals surface area contributed by atoms with Gasteiger partial charge in [0.15, 0.2) is 0 Å². The van der Waals surface area contributed by atoms with Gasteiger partial charge in [0.25, 0.3) is 5.91 Å². The van der Waals surface area contributed by atoms with Crippen LogP contribution in [0, 0.1) is 0 Å². The minimum absolute atomic E-state index is 0.0337. The molecule has 0 saturated heterocycles. The van der Waals surface area contributed by atoms with Crippen molar-refractivity contribution in [2.75, 3.05) is 18.9 Å². The lowest BCUT2D eigenvalue weighted by Gasteiger charge is -2.20. The second-order valence-corrected chi connectivity index (χ2v) is 8.79. The highest BCUT2D eigenvalue weighted by Crippen LogP contribution is 2.37. The van der Waals surface area contributed by atoms with Crippen LogP contribution in [0.4, 0.5) is 19.0 Å². The summed E-state index contributed by atoms with van der Waals surface area (Å²) in [5.41, 5.74) is 10.9. The maximum Gasteiger partial charge on any atom is 0.416 e. The monoisotopic (exact) mass is 506 g/mol. The van der Waals surface area contributed by atoms with Gasteiger partial charge >= 0.3 is 6.18 Å². The molecule has 37 heavy (non-hydrogen) atoms. The Morgan fingerprint density at radius 2 is 1.92 bits per heavy atom. The summed E-state index contributed by atoms with van der Waals surface area (Å²) < 4.78 is 43.0. The number of fused-ring (bicyclic) bond motifs is 1. The van der Waals surface area contributed by atoms with Gasteiger partial charge < -0.3 is 16.1 Å². The Morgan fingerprint density at radius 1 is 1.14 bits per heavy atom. The molecule has 190 valence electrons. The van der Waals surface area contributed by atoms with Gasteiger partial charge in [-0.3, -0.25) is 9.20 Å². The molecule has 0 saturated carbocycles. The first-order chi connectivity index (χ1) is 17.7. The summed E-state index contributed by atoms with van der Waals surface area (Å²) in [6.45, 7) is 0.489. The number of nitrogens with two attached hydrogens (primary N) is 1. The smallest absolute Gasteiger partial charge is 0.330 e. The van der Waals surface area contributed by atoms with Gasteiger partial charge in [0.2, 0.25) is 0 Å². The molecule has 0 radical (unpaired) electrons. The number of carbonyl (C=O) groups excluding carboxylic acids is 1. The number of anilines is 1. The molecule has 10 heteroatoms. The third-order valence-electron chi connectivity index (χ3n) is 6.20. The fraction of sp³-hybridized carbons (Fsp3) is 0.185. The van der Waals surface area contributed by atoms with Crippen LogP contribution in [0.5, 0.6) is 0 Å². The molecule has 5 rings (SSSR count). The van der Waals surface area contributed by atoms with E-state index in [1.165, 1.54) is 12.1 Å². The molecule has 4 N–H and O–H groups in total. The lowest BCUT2D eigenvalue weighted by molar-refractivity contribution is -0.138. The fourth-order valence-electron chi connectivity index (χ4n) is 4.42. The number of pyridine rings is 1. The zero-order chi connectivity index (χ0) is 26.2. The van der Waals surface area contributed by atoms with Crippen LogP contribution in [0.25, 0.3) is 16.9 Å².